The van der Waals surface area contributed by atoms with E-state index in [2.05, 4.69) is 10.3 Å². The first-order valence-corrected chi connectivity index (χ1v) is 10.2. The van der Waals surface area contributed by atoms with Gasteiger partial charge in [0.15, 0.2) is 18.2 Å². The second kappa shape index (κ2) is 9.34. The van der Waals surface area contributed by atoms with Gasteiger partial charge in [-0.25, -0.2) is 4.79 Å². The number of ketones is 1. The van der Waals surface area contributed by atoms with Crippen LogP contribution in [0.25, 0.3) is 10.9 Å². The summed E-state index contributed by atoms with van der Waals surface area (Å²) in [6, 6.07) is 16.8. The molecular formula is C25H22N2O5. The van der Waals surface area contributed by atoms with Crippen molar-refractivity contribution in [3.8, 4) is 0 Å². The molecule has 0 unspecified atom stereocenters. The molecule has 7 nitrogen and oxygen atoms in total. The van der Waals surface area contributed by atoms with Crippen molar-refractivity contribution in [2.75, 3.05) is 6.61 Å². The predicted molar refractivity (Wildman–Crippen MR) is 118 cm³/mol. The number of hydrogen-bond donors (Lipinski definition) is 2. The number of nitrogens with one attached hydrogen (secondary N) is 2. The highest BCUT2D eigenvalue weighted by Crippen LogP contribution is 2.20. The third-order valence-electron chi connectivity index (χ3n) is 5.15. The van der Waals surface area contributed by atoms with Crippen LogP contribution in [0.1, 0.15) is 32.0 Å². The molecule has 0 fully saturated rings. The van der Waals surface area contributed by atoms with Gasteiger partial charge >= 0.3 is 5.97 Å². The quantitative estimate of drug-likeness (QED) is 0.327. The summed E-state index contributed by atoms with van der Waals surface area (Å²) < 4.78 is 10.4. The number of hydrogen-bond acceptors (Lipinski definition) is 5. The highest BCUT2D eigenvalue weighted by molar-refractivity contribution is 5.99. The molecule has 1 amide bonds. The number of furan rings is 1. The number of esters is 1. The van der Waals surface area contributed by atoms with E-state index in [9.17, 15) is 14.4 Å². The number of aryl methyl sites for hydroxylation is 1. The van der Waals surface area contributed by atoms with Gasteiger partial charge in [-0.3, -0.25) is 9.59 Å². The number of fused-ring (bicyclic) bond motifs is 1. The maximum Gasteiger partial charge on any atom is 0.329 e. The van der Waals surface area contributed by atoms with Gasteiger partial charge in [0.1, 0.15) is 6.04 Å². The molecule has 2 aromatic heterocycles. The van der Waals surface area contributed by atoms with Gasteiger partial charge in [0.2, 0.25) is 0 Å². The fourth-order valence-corrected chi connectivity index (χ4v) is 3.41. The lowest BCUT2D eigenvalue weighted by molar-refractivity contribution is -0.144. The van der Waals surface area contributed by atoms with Crippen LogP contribution in [0, 0.1) is 6.92 Å². The van der Waals surface area contributed by atoms with Crippen LogP contribution < -0.4 is 5.32 Å². The molecule has 0 aliphatic heterocycles. The van der Waals surface area contributed by atoms with Crippen molar-refractivity contribution in [2.24, 2.45) is 0 Å². The Bertz CT molecular complexity index is 1240. The number of H-pyrrole nitrogens is 1. The molecule has 7 heteroatoms. The van der Waals surface area contributed by atoms with E-state index < -0.39 is 24.5 Å². The van der Waals surface area contributed by atoms with Crippen molar-refractivity contribution < 1.29 is 23.5 Å². The summed E-state index contributed by atoms with van der Waals surface area (Å²) in [5.74, 6) is -1.48. The maximum absolute atomic E-state index is 12.9. The molecule has 0 aliphatic carbocycles. The molecule has 32 heavy (non-hydrogen) atoms. The van der Waals surface area contributed by atoms with Crippen LogP contribution >= 0.6 is 0 Å². The molecule has 0 bridgehead atoms. The summed E-state index contributed by atoms with van der Waals surface area (Å²) in [4.78, 5) is 40.9. The van der Waals surface area contributed by atoms with Gasteiger partial charge < -0.3 is 19.5 Å². The average molecular weight is 430 g/mol. The van der Waals surface area contributed by atoms with E-state index in [0.717, 1.165) is 22.0 Å². The molecule has 162 valence electrons. The van der Waals surface area contributed by atoms with Crippen molar-refractivity contribution in [3.05, 3.63) is 95.6 Å². The lowest BCUT2D eigenvalue weighted by atomic mass is 10.0. The number of amides is 1. The molecule has 2 aromatic carbocycles. The fraction of sp³-hybridized carbons (Fsp3) is 0.160. The van der Waals surface area contributed by atoms with E-state index in [0.29, 0.717) is 5.56 Å². The van der Waals surface area contributed by atoms with E-state index in [1.54, 1.807) is 24.4 Å². The fourth-order valence-electron chi connectivity index (χ4n) is 3.41. The third-order valence-corrected chi connectivity index (χ3v) is 5.15. The van der Waals surface area contributed by atoms with E-state index in [-0.39, 0.29) is 18.0 Å². The molecule has 0 saturated heterocycles. The van der Waals surface area contributed by atoms with Crippen molar-refractivity contribution in [2.45, 2.75) is 19.4 Å². The Morgan fingerprint density at radius 1 is 1.03 bits per heavy atom. The summed E-state index contributed by atoms with van der Waals surface area (Å²) in [5.41, 5.74) is 3.24. The van der Waals surface area contributed by atoms with Crippen LogP contribution in [0.3, 0.4) is 0 Å². The van der Waals surface area contributed by atoms with Gasteiger partial charge in [0.05, 0.1) is 6.26 Å². The number of Topliss-reactive ketones (excluding diaryl/α,β-unsaturated/α-hetero) is 1. The number of carbonyl (C=O) groups excluding carboxylic acids is 3. The minimum Gasteiger partial charge on any atom is -0.459 e. The monoisotopic (exact) mass is 430 g/mol. The van der Waals surface area contributed by atoms with Gasteiger partial charge in [-0.1, -0.05) is 48.0 Å². The van der Waals surface area contributed by atoms with Gasteiger partial charge in [-0.15, -0.1) is 0 Å². The summed E-state index contributed by atoms with van der Waals surface area (Å²) in [7, 11) is 0. The van der Waals surface area contributed by atoms with Crippen molar-refractivity contribution in [1.82, 2.24) is 10.3 Å². The average Bonchev–Trinajstić information content (AvgIpc) is 3.48. The first-order valence-electron chi connectivity index (χ1n) is 10.2. The Labute approximate surface area is 184 Å². The zero-order chi connectivity index (χ0) is 22.5. The zero-order valence-electron chi connectivity index (χ0n) is 17.5. The smallest absolute Gasteiger partial charge is 0.329 e. The Kier molecular flexibility index (Phi) is 6.17. The number of rotatable bonds is 8. The Hall–Kier alpha value is -4.13. The summed E-state index contributed by atoms with van der Waals surface area (Å²) in [6.45, 7) is 1.51. The first kappa shape index (κ1) is 21.1. The van der Waals surface area contributed by atoms with E-state index in [4.69, 9.17) is 9.15 Å². The molecular weight excluding hydrogens is 408 g/mol. The molecule has 0 aliphatic rings. The number of carbonyl (C=O) groups is 3. The van der Waals surface area contributed by atoms with Gasteiger partial charge in [-0.05, 0) is 30.7 Å². The highest BCUT2D eigenvalue weighted by atomic mass is 16.5. The summed E-state index contributed by atoms with van der Waals surface area (Å²) in [5, 5.41) is 3.60. The van der Waals surface area contributed by atoms with E-state index >= 15 is 0 Å². The van der Waals surface area contributed by atoms with E-state index in [1.165, 1.54) is 12.3 Å². The molecule has 0 spiro atoms. The molecule has 2 N–H and O–H groups in total. The largest absolute Gasteiger partial charge is 0.459 e. The van der Waals surface area contributed by atoms with Gasteiger partial charge in [0, 0.05) is 29.1 Å². The maximum atomic E-state index is 12.9. The van der Waals surface area contributed by atoms with Gasteiger partial charge in [-0.2, -0.15) is 0 Å². The molecule has 2 heterocycles. The van der Waals surface area contributed by atoms with Crippen LogP contribution in [0.15, 0.2) is 77.5 Å². The van der Waals surface area contributed by atoms with Crippen molar-refractivity contribution >= 4 is 28.6 Å². The zero-order valence-corrected chi connectivity index (χ0v) is 17.5. The summed E-state index contributed by atoms with van der Waals surface area (Å²) >= 11 is 0. The molecule has 1 atom stereocenters. The number of aromatic amines is 1. The molecule has 4 aromatic rings. The van der Waals surface area contributed by atoms with Crippen LogP contribution in [-0.2, 0) is 16.0 Å². The van der Waals surface area contributed by atoms with Gasteiger partial charge in [0.25, 0.3) is 5.91 Å². The van der Waals surface area contributed by atoms with Crippen LogP contribution in [0.4, 0.5) is 0 Å². The topological polar surface area (TPSA) is 101 Å². The second-order valence-electron chi connectivity index (χ2n) is 7.46. The summed E-state index contributed by atoms with van der Waals surface area (Å²) in [6.07, 6.45) is 3.36. The number of aromatic nitrogens is 1. The SMILES string of the molecule is Cc1ccc(C(=O)COC(=O)[C@@H](Cc2c[nH]c3ccccc23)NC(=O)c2ccco2)cc1. The third kappa shape index (κ3) is 4.78. The normalized spacial score (nSPS) is 11.8. The standard InChI is InChI=1S/C25H22N2O5/c1-16-8-10-17(11-9-16)22(28)15-32-25(30)21(27-24(29)23-7-4-12-31-23)13-18-14-26-20-6-3-2-5-19(18)20/h2-12,14,21,26H,13,15H2,1H3,(H,27,29)/t21-/m1/s1. The number of ether oxygens (including phenoxy) is 1. The Balaban J connectivity index is 1.49. The predicted octanol–water partition coefficient (Wildman–Crippen LogP) is 3.84. The van der Waals surface area contributed by atoms with Crippen molar-refractivity contribution in [1.29, 1.82) is 0 Å². The molecule has 0 radical (unpaired) electrons. The first-order chi connectivity index (χ1) is 15.5. The van der Waals surface area contributed by atoms with E-state index in [1.807, 2.05) is 43.3 Å². The number of para-hydroxylation sites is 1. The van der Waals surface area contributed by atoms with Crippen LogP contribution in [0.2, 0.25) is 0 Å². The van der Waals surface area contributed by atoms with Crippen molar-refractivity contribution in [3.63, 3.8) is 0 Å². The Morgan fingerprint density at radius 3 is 2.56 bits per heavy atom. The molecule has 4 rings (SSSR count). The van der Waals surface area contributed by atoms with Crippen LogP contribution in [0.5, 0.6) is 0 Å². The second-order valence-corrected chi connectivity index (χ2v) is 7.46. The number of benzene rings is 2. The lowest BCUT2D eigenvalue weighted by Gasteiger charge is -2.17. The van der Waals surface area contributed by atoms with Crippen LogP contribution in [-0.4, -0.2) is 35.3 Å². The molecule has 0 saturated carbocycles. The lowest BCUT2D eigenvalue weighted by Crippen LogP contribution is -2.43. The highest BCUT2D eigenvalue weighted by Gasteiger charge is 2.26. The Morgan fingerprint density at radius 2 is 1.81 bits per heavy atom. The minimum atomic E-state index is -1.00. The minimum absolute atomic E-state index is 0.0810.